The molecular formula is C19H18ClN3OS. The number of carbonyl (C=O) groups is 1. The first kappa shape index (κ1) is 16.6. The van der Waals surface area contributed by atoms with Gasteiger partial charge >= 0.3 is 0 Å². The van der Waals surface area contributed by atoms with Gasteiger partial charge in [0, 0.05) is 22.4 Å². The number of thiophene rings is 1. The molecule has 4 rings (SSSR count). The van der Waals surface area contributed by atoms with Gasteiger partial charge in [-0.25, -0.2) is 0 Å². The maximum Gasteiger partial charge on any atom is 0.228 e. The first-order chi connectivity index (χ1) is 12.1. The van der Waals surface area contributed by atoms with E-state index in [1.165, 1.54) is 11.3 Å². The fraction of sp³-hybridized carbons (Fsp3) is 0.368. The lowest BCUT2D eigenvalue weighted by Gasteiger charge is -2.11. The highest BCUT2D eigenvalue weighted by atomic mass is 35.5. The Hall–Kier alpha value is -1.87. The predicted molar refractivity (Wildman–Crippen MR) is 100 cm³/mol. The average Bonchev–Trinajstić information content (AvgIpc) is 3.32. The van der Waals surface area contributed by atoms with E-state index in [2.05, 4.69) is 16.7 Å². The molecule has 0 spiro atoms. The van der Waals surface area contributed by atoms with E-state index in [1.807, 2.05) is 25.1 Å². The monoisotopic (exact) mass is 371 g/mol. The lowest BCUT2D eigenvalue weighted by atomic mass is 10.0. The number of nitrogens with zero attached hydrogens (tertiary/aromatic N) is 1. The summed E-state index contributed by atoms with van der Waals surface area (Å²) in [5.41, 5.74) is 3.82. The van der Waals surface area contributed by atoms with Crippen LogP contribution in [0.4, 0.5) is 5.00 Å². The first-order valence-electron chi connectivity index (χ1n) is 8.41. The van der Waals surface area contributed by atoms with Gasteiger partial charge in [-0.2, -0.15) is 5.26 Å². The Kier molecular flexibility index (Phi) is 4.28. The number of carbonyl (C=O) groups excluding carboxylic acids is 1. The quantitative estimate of drug-likeness (QED) is 0.857. The zero-order valence-electron chi connectivity index (χ0n) is 13.9. The molecule has 0 radical (unpaired) electrons. The molecule has 0 saturated heterocycles. The fourth-order valence-corrected chi connectivity index (χ4v) is 4.97. The molecule has 2 heterocycles. The van der Waals surface area contributed by atoms with E-state index in [-0.39, 0.29) is 17.7 Å². The van der Waals surface area contributed by atoms with E-state index in [0.29, 0.717) is 10.6 Å². The molecule has 1 amide bonds. The highest BCUT2D eigenvalue weighted by molar-refractivity contribution is 7.16. The minimum atomic E-state index is -0.0666. The van der Waals surface area contributed by atoms with Crippen molar-refractivity contribution in [2.45, 2.75) is 32.2 Å². The molecule has 2 N–H and O–H groups in total. The molecule has 4 nitrogen and oxygen atoms in total. The second-order valence-electron chi connectivity index (χ2n) is 6.66. The summed E-state index contributed by atoms with van der Waals surface area (Å²) in [5, 5.41) is 17.3. The number of fused-ring (bicyclic) bond motifs is 1. The molecule has 6 heteroatoms. The van der Waals surface area contributed by atoms with E-state index >= 15 is 0 Å². The van der Waals surface area contributed by atoms with Gasteiger partial charge in [0.05, 0.1) is 5.56 Å². The Morgan fingerprint density at radius 3 is 3.12 bits per heavy atom. The van der Waals surface area contributed by atoms with Crippen molar-refractivity contribution in [3.05, 3.63) is 50.4 Å². The molecule has 128 valence electrons. The normalized spacial score (nSPS) is 21.3. The minimum Gasteiger partial charge on any atom is -0.316 e. The molecule has 0 bridgehead atoms. The topological polar surface area (TPSA) is 64.9 Å². The molecule has 1 fully saturated rings. The van der Waals surface area contributed by atoms with Crippen molar-refractivity contribution < 1.29 is 4.79 Å². The van der Waals surface area contributed by atoms with Crippen LogP contribution in [0.5, 0.6) is 0 Å². The molecule has 25 heavy (non-hydrogen) atoms. The number of halogens is 1. The maximum atomic E-state index is 12.7. The summed E-state index contributed by atoms with van der Waals surface area (Å²) >= 11 is 7.91. The average molecular weight is 372 g/mol. The van der Waals surface area contributed by atoms with Crippen molar-refractivity contribution in [3.8, 4) is 6.07 Å². The van der Waals surface area contributed by atoms with Gasteiger partial charge in [-0.1, -0.05) is 29.8 Å². The Balaban J connectivity index is 1.52. The Morgan fingerprint density at radius 2 is 2.32 bits per heavy atom. The molecule has 1 aliphatic heterocycles. The summed E-state index contributed by atoms with van der Waals surface area (Å²) in [6.45, 7) is 3.63. The molecule has 1 aromatic heterocycles. The van der Waals surface area contributed by atoms with E-state index in [0.717, 1.165) is 52.5 Å². The van der Waals surface area contributed by atoms with Gasteiger partial charge in [0.1, 0.15) is 11.1 Å². The van der Waals surface area contributed by atoms with Crippen LogP contribution in [0.2, 0.25) is 5.02 Å². The maximum absolute atomic E-state index is 12.7. The minimum absolute atomic E-state index is 0.00868. The van der Waals surface area contributed by atoms with Crippen LogP contribution in [-0.2, 0) is 17.8 Å². The molecular weight excluding hydrogens is 354 g/mol. The lowest BCUT2D eigenvalue weighted by molar-refractivity contribution is -0.117. The zero-order chi connectivity index (χ0) is 17.6. The van der Waals surface area contributed by atoms with Crippen LogP contribution in [0, 0.1) is 24.2 Å². The van der Waals surface area contributed by atoms with Crippen molar-refractivity contribution in [2.24, 2.45) is 5.92 Å². The van der Waals surface area contributed by atoms with E-state index in [1.54, 1.807) is 0 Å². The highest BCUT2D eigenvalue weighted by Gasteiger charge is 2.45. The summed E-state index contributed by atoms with van der Waals surface area (Å²) < 4.78 is 0. The standard InChI is InChI=1S/C19H18ClN3OS/c1-10-3-2-4-12(17(10)20)13-7-14(13)18(24)23-19-15(8-21)11-5-6-22-9-16(11)25-19/h2-4,13-14,22H,5-7,9H2,1H3,(H,23,24). The van der Waals surface area contributed by atoms with Crippen molar-refractivity contribution in [3.63, 3.8) is 0 Å². The summed E-state index contributed by atoms with van der Waals surface area (Å²) in [6.07, 6.45) is 1.65. The van der Waals surface area contributed by atoms with Crippen LogP contribution in [0.1, 0.15) is 39.5 Å². The molecule has 2 aromatic rings. The number of hydrogen-bond donors (Lipinski definition) is 2. The van der Waals surface area contributed by atoms with Gasteiger partial charge in [-0.15, -0.1) is 11.3 Å². The Morgan fingerprint density at radius 1 is 1.48 bits per heavy atom. The zero-order valence-corrected chi connectivity index (χ0v) is 15.4. The number of aryl methyl sites for hydroxylation is 1. The van der Waals surface area contributed by atoms with Gasteiger partial charge in [-0.3, -0.25) is 4.79 Å². The van der Waals surface area contributed by atoms with Crippen LogP contribution < -0.4 is 10.6 Å². The van der Waals surface area contributed by atoms with Crippen molar-refractivity contribution in [1.82, 2.24) is 5.32 Å². The van der Waals surface area contributed by atoms with Gasteiger partial charge in [0.2, 0.25) is 5.91 Å². The predicted octanol–water partition coefficient (Wildman–Crippen LogP) is 3.97. The SMILES string of the molecule is Cc1cccc(C2CC2C(=O)Nc2sc3c(c2C#N)CCNC3)c1Cl. The number of nitriles is 1. The summed E-state index contributed by atoms with van der Waals surface area (Å²) in [4.78, 5) is 13.8. The summed E-state index contributed by atoms with van der Waals surface area (Å²) in [5.74, 6) is 0.0999. The lowest BCUT2D eigenvalue weighted by Crippen LogP contribution is -2.22. The van der Waals surface area contributed by atoms with Crippen molar-refractivity contribution in [1.29, 1.82) is 5.26 Å². The van der Waals surface area contributed by atoms with Gasteiger partial charge < -0.3 is 10.6 Å². The number of amides is 1. The van der Waals surface area contributed by atoms with Gasteiger partial charge in [0.15, 0.2) is 0 Å². The Bertz CT molecular complexity index is 899. The van der Waals surface area contributed by atoms with Gasteiger partial charge in [-0.05, 0) is 48.9 Å². The molecule has 2 atom stereocenters. The van der Waals surface area contributed by atoms with Crippen LogP contribution in [-0.4, -0.2) is 12.5 Å². The van der Waals surface area contributed by atoms with E-state index in [4.69, 9.17) is 11.6 Å². The second-order valence-corrected chi connectivity index (χ2v) is 8.15. The molecule has 1 aromatic carbocycles. The van der Waals surface area contributed by atoms with Crippen molar-refractivity contribution in [2.75, 3.05) is 11.9 Å². The van der Waals surface area contributed by atoms with Crippen molar-refractivity contribution >= 4 is 33.8 Å². The molecule has 1 saturated carbocycles. The number of benzene rings is 1. The number of nitrogens with one attached hydrogen (secondary N) is 2. The third-order valence-corrected chi connectivity index (χ3v) is 6.69. The van der Waals surface area contributed by atoms with Crippen LogP contribution in [0.15, 0.2) is 18.2 Å². The second kappa shape index (κ2) is 6.45. The Labute approximate surface area is 155 Å². The van der Waals surface area contributed by atoms with Crippen LogP contribution in [0.3, 0.4) is 0 Å². The third-order valence-electron chi connectivity index (χ3n) is 5.02. The first-order valence-corrected chi connectivity index (χ1v) is 9.60. The number of rotatable bonds is 3. The highest BCUT2D eigenvalue weighted by Crippen LogP contribution is 2.51. The third kappa shape index (κ3) is 2.95. The largest absolute Gasteiger partial charge is 0.316 e. The fourth-order valence-electron chi connectivity index (χ4n) is 3.53. The molecule has 2 unspecified atom stereocenters. The smallest absolute Gasteiger partial charge is 0.228 e. The number of anilines is 1. The van der Waals surface area contributed by atoms with E-state index in [9.17, 15) is 10.1 Å². The number of hydrogen-bond acceptors (Lipinski definition) is 4. The van der Waals surface area contributed by atoms with Crippen LogP contribution in [0.25, 0.3) is 0 Å². The van der Waals surface area contributed by atoms with E-state index < -0.39 is 0 Å². The molecule has 2 aliphatic rings. The summed E-state index contributed by atoms with van der Waals surface area (Å²) in [6, 6.07) is 8.24. The molecule has 1 aliphatic carbocycles. The van der Waals surface area contributed by atoms with Gasteiger partial charge in [0.25, 0.3) is 0 Å². The van der Waals surface area contributed by atoms with Crippen LogP contribution >= 0.6 is 22.9 Å². The summed E-state index contributed by atoms with van der Waals surface area (Å²) in [7, 11) is 0.